The first-order valence-corrected chi connectivity index (χ1v) is 36.2. The van der Waals surface area contributed by atoms with Gasteiger partial charge in [0.15, 0.2) is 0 Å². The Morgan fingerprint density at radius 1 is 0.545 bits per heavy atom. The Morgan fingerprint density at radius 3 is 1.66 bits per heavy atom. The van der Waals surface area contributed by atoms with Gasteiger partial charge >= 0.3 is 29.8 Å². The highest BCUT2D eigenvalue weighted by Crippen LogP contribution is 2.21. The summed E-state index contributed by atoms with van der Waals surface area (Å²) in [5.41, 5.74) is 12.5. The average Bonchev–Trinajstić information content (AvgIpc) is 1.62. The topological polar surface area (TPSA) is 639 Å². The zero-order chi connectivity index (χ0) is 82.6. The molecule has 0 spiro atoms. The highest BCUT2D eigenvalue weighted by atomic mass is 16.5. The van der Waals surface area contributed by atoms with E-state index >= 15 is 0 Å². The lowest BCUT2D eigenvalue weighted by Gasteiger charge is -2.31. The molecule has 14 unspecified atom stereocenters. The number of amides is 14. The van der Waals surface area contributed by atoms with Crippen molar-refractivity contribution in [3.63, 3.8) is 0 Å². The molecule has 3 rings (SSSR count). The highest BCUT2D eigenvalue weighted by Gasteiger charge is 2.41. The Bertz CT molecular complexity index is 3620. The van der Waals surface area contributed by atoms with Crippen LogP contribution in [0.25, 0.3) is 10.9 Å². The van der Waals surface area contributed by atoms with Crippen LogP contribution >= 0.6 is 0 Å². The summed E-state index contributed by atoms with van der Waals surface area (Å²) in [4.78, 5) is 260. The number of fused-ring (bicyclic) bond motifs is 1. The number of carbonyl (C=O) groups excluding carboxylic acids is 15. The van der Waals surface area contributed by atoms with Gasteiger partial charge in [-0.3, -0.25) is 86.3 Å². The zero-order valence-electron chi connectivity index (χ0n) is 62.8. The van der Waals surface area contributed by atoms with Gasteiger partial charge in [0.1, 0.15) is 72.6 Å². The van der Waals surface area contributed by atoms with Crippen LogP contribution < -0.4 is 80.6 Å². The highest BCUT2D eigenvalue weighted by molar-refractivity contribution is 6.02. The average molecular weight is 1560 g/mol. The van der Waals surface area contributed by atoms with Crippen LogP contribution in [0.1, 0.15) is 164 Å². The van der Waals surface area contributed by atoms with Crippen molar-refractivity contribution in [3.05, 3.63) is 36.0 Å². The molecule has 14 atom stereocenters. The number of carbonyl (C=O) groups is 19. The van der Waals surface area contributed by atoms with Gasteiger partial charge in [-0.1, -0.05) is 97.8 Å². The Balaban J connectivity index is 2.15. The van der Waals surface area contributed by atoms with E-state index in [-0.39, 0.29) is 32.2 Å². The Hall–Kier alpha value is -11.3. The number of nitrogens with one attached hydrogen (secondary N) is 14. The molecule has 2 aromatic rings. The second-order valence-corrected chi connectivity index (χ2v) is 27.5. The number of unbranched alkanes of at least 4 members (excludes halogenated alkanes) is 5. The van der Waals surface area contributed by atoms with Crippen molar-refractivity contribution in [1.29, 1.82) is 0 Å². The molecule has 0 bridgehead atoms. The summed E-state index contributed by atoms with van der Waals surface area (Å²) in [5.74, 6) is -26.9. The summed E-state index contributed by atoms with van der Waals surface area (Å²) in [5, 5.41) is 69.0. The maximum Gasteiger partial charge on any atom is 0.329 e. The lowest BCUT2D eigenvalue weighted by Crippen LogP contribution is -2.62. The number of rotatable bonds is 34. The molecule has 0 aliphatic carbocycles. The zero-order valence-corrected chi connectivity index (χ0v) is 62.8. The first kappa shape index (κ1) is 92.9. The number of carboxylic acid groups (broad SMARTS) is 4. The molecular weight excluding hydrogens is 1450 g/mol. The van der Waals surface area contributed by atoms with Crippen LogP contribution in [0.3, 0.4) is 0 Å². The molecule has 1 saturated heterocycles. The van der Waals surface area contributed by atoms with E-state index in [1.54, 1.807) is 30.5 Å². The standard InChI is InChI=1S/C70H106N16O24/c1-9-35(4)19-14-12-10-11-13-15-23-50(88)79-44(26-40-31-73-42-21-17-16-20-41(40)42)65(104)81-45(27-49(72)87)66(105)83-48(30-56(97)98)67(106)86-59-39(8)110-70(109)57(34(2)3)84-69(108)58(36(5)25-53(91)92)85-61(100)37(6)76-51(89)32-74-62(101)46(28-54(93)94)80-60(99)38(7)77-64(103)47(29-55(95)96)82-63(102)43(22-18-24-71)78-52(90)33-75-68(59)107/h16-17,20-21,31,34-39,43-48,57-59,73H,9-15,18-19,22-30,32-33,71H2,1-8H3,(H2,72,87)(H,74,101)(H,75,107)(H,76,89)(H,77,103)(H,78,90)(H,79,88)(H,80,99)(H,81,104)(H,82,102)(H,83,105)(H,84,108)(H,85,100)(H,86,106)(H,91,92)(H,93,94)(H,95,96)(H,97,98). The van der Waals surface area contributed by atoms with E-state index in [0.29, 0.717) is 35.2 Å². The first-order valence-electron chi connectivity index (χ1n) is 36.2. The number of nitrogens with two attached hydrogens (primary N) is 2. The molecule has 1 aromatic heterocycles. The Labute approximate surface area is 633 Å². The van der Waals surface area contributed by atoms with Crippen LogP contribution in [0, 0.1) is 17.8 Å². The number of hydrogen-bond acceptors (Lipinski definition) is 21. The summed E-state index contributed by atoms with van der Waals surface area (Å²) in [7, 11) is 0. The summed E-state index contributed by atoms with van der Waals surface area (Å²) in [6.07, 6.45) is 0.942. The summed E-state index contributed by atoms with van der Waals surface area (Å²) < 4.78 is 5.68. The maximum atomic E-state index is 14.6. The van der Waals surface area contributed by atoms with E-state index in [0.717, 1.165) is 59.3 Å². The van der Waals surface area contributed by atoms with Crippen molar-refractivity contribution in [3.8, 4) is 0 Å². The molecule has 110 heavy (non-hydrogen) atoms. The predicted molar refractivity (Wildman–Crippen MR) is 388 cm³/mol. The third kappa shape index (κ3) is 33.0. The number of H-pyrrole nitrogens is 1. The molecule has 1 aliphatic heterocycles. The fraction of sp³-hybridized carbons (Fsp3) is 0.614. The van der Waals surface area contributed by atoms with Crippen molar-refractivity contribution in [2.75, 3.05) is 19.6 Å². The van der Waals surface area contributed by atoms with Crippen molar-refractivity contribution < 1.29 is 116 Å². The van der Waals surface area contributed by atoms with E-state index in [1.165, 1.54) is 20.8 Å². The minimum atomic E-state index is -2.29. The minimum absolute atomic E-state index is 0.00889. The van der Waals surface area contributed by atoms with Gasteiger partial charge in [0.2, 0.25) is 82.7 Å². The second-order valence-electron chi connectivity index (χ2n) is 27.5. The van der Waals surface area contributed by atoms with Crippen LogP contribution in [-0.4, -0.2) is 230 Å². The van der Waals surface area contributed by atoms with Crippen LogP contribution in [0.5, 0.6) is 0 Å². The molecule has 610 valence electrons. The number of aromatic amines is 1. The van der Waals surface area contributed by atoms with Gasteiger partial charge in [0.05, 0.1) is 45.2 Å². The number of aliphatic carboxylic acids is 4. The van der Waals surface area contributed by atoms with Crippen LogP contribution in [0.2, 0.25) is 0 Å². The fourth-order valence-electron chi connectivity index (χ4n) is 11.4. The lowest BCUT2D eigenvalue weighted by atomic mass is 9.95. The largest absolute Gasteiger partial charge is 0.481 e. The van der Waals surface area contributed by atoms with Gasteiger partial charge in [0.25, 0.3) is 0 Å². The number of esters is 1. The molecule has 0 radical (unpaired) electrons. The van der Waals surface area contributed by atoms with Crippen LogP contribution in [0.4, 0.5) is 0 Å². The number of cyclic esters (lactones) is 1. The molecule has 22 N–H and O–H groups in total. The van der Waals surface area contributed by atoms with Crippen molar-refractivity contribution in [1.82, 2.24) is 74.1 Å². The van der Waals surface area contributed by atoms with Gasteiger partial charge in [-0.2, -0.15) is 0 Å². The minimum Gasteiger partial charge on any atom is -0.481 e. The normalized spacial score (nSPS) is 22.0. The number of benzene rings is 1. The monoisotopic (exact) mass is 1550 g/mol. The first-order chi connectivity index (χ1) is 51.7. The number of primary amides is 1. The third-order valence-electron chi connectivity index (χ3n) is 17.8. The summed E-state index contributed by atoms with van der Waals surface area (Å²) in [6.45, 7) is 9.07. The summed E-state index contributed by atoms with van der Waals surface area (Å²) in [6, 6.07) is -13.8. The molecule has 1 aliphatic rings. The smallest absolute Gasteiger partial charge is 0.329 e. The molecule has 14 amide bonds. The lowest BCUT2D eigenvalue weighted by molar-refractivity contribution is -0.157. The van der Waals surface area contributed by atoms with E-state index < -0.39 is 242 Å². The van der Waals surface area contributed by atoms with E-state index in [2.05, 4.69) is 87.9 Å². The Kier molecular flexibility index (Phi) is 39.5. The van der Waals surface area contributed by atoms with E-state index in [9.17, 15) is 112 Å². The molecule has 2 heterocycles. The summed E-state index contributed by atoms with van der Waals surface area (Å²) >= 11 is 0. The fourth-order valence-corrected chi connectivity index (χ4v) is 11.4. The Morgan fingerprint density at radius 2 is 1.07 bits per heavy atom. The molecule has 0 saturated carbocycles. The van der Waals surface area contributed by atoms with Crippen molar-refractivity contribution in [2.24, 2.45) is 29.2 Å². The molecule has 1 aromatic carbocycles. The number of ether oxygens (including phenoxy) is 1. The predicted octanol–water partition coefficient (Wildman–Crippen LogP) is -3.77. The molecule has 1 fully saturated rings. The third-order valence-corrected chi connectivity index (χ3v) is 17.8. The van der Waals surface area contributed by atoms with E-state index in [1.807, 2.05) is 0 Å². The van der Waals surface area contributed by atoms with E-state index in [4.69, 9.17) is 16.2 Å². The van der Waals surface area contributed by atoms with Crippen molar-refractivity contribution >= 4 is 123 Å². The number of hydrogen-bond donors (Lipinski definition) is 20. The SMILES string of the molecule is CCC(C)CCCCCCCCC(=O)NC(Cc1c[nH]c2ccccc12)C(=O)NC(CC(N)=O)C(=O)NC(CC(=O)O)C(=O)NC1C(=O)NCC(=O)NC(CCCN)C(=O)NC(CC(=O)O)C(=O)NC(C)C(=O)NC(CC(=O)O)C(=O)NCC(=O)NC(C)C(=O)NC(C(C)CC(=O)O)C(=O)NC(C(C)C)C(=O)OC1C. The molecule has 40 nitrogen and oxygen atoms in total. The molecular formula is C70H106N16O24. The number of aromatic nitrogens is 1. The number of carboxylic acids is 4. The van der Waals surface area contributed by atoms with Gasteiger partial charge in [0, 0.05) is 29.9 Å². The van der Waals surface area contributed by atoms with Gasteiger partial charge < -0.3 is 111 Å². The van der Waals surface area contributed by atoms with Crippen molar-refractivity contribution in [2.45, 2.75) is 237 Å². The maximum absolute atomic E-state index is 14.6. The van der Waals surface area contributed by atoms with Gasteiger partial charge in [-0.15, -0.1) is 0 Å². The van der Waals surface area contributed by atoms with Gasteiger partial charge in [-0.25, -0.2) is 4.79 Å². The van der Waals surface area contributed by atoms with Crippen LogP contribution in [0.15, 0.2) is 30.5 Å². The van der Waals surface area contributed by atoms with Crippen LogP contribution in [-0.2, 0) is 102 Å². The molecule has 40 heteroatoms. The quantitative estimate of drug-likeness (QED) is 0.0236. The number of para-hydroxylation sites is 1. The second kappa shape index (κ2) is 46.8. The van der Waals surface area contributed by atoms with Gasteiger partial charge in [-0.05, 0) is 76.0 Å².